The maximum atomic E-state index is 11.0. The van der Waals surface area contributed by atoms with E-state index in [1.165, 1.54) is 0 Å². The van der Waals surface area contributed by atoms with Crippen LogP contribution in [0.15, 0.2) is 29.2 Å². The van der Waals surface area contributed by atoms with Crippen LogP contribution in [0.25, 0.3) is 0 Å². The van der Waals surface area contributed by atoms with Crippen LogP contribution in [0.3, 0.4) is 0 Å². The molecule has 0 aliphatic rings. The molecule has 59 valence electrons. The second-order valence-corrected chi connectivity index (χ2v) is 3.30. The summed E-state index contributed by atoms with van der Waals surface area (Å²) in [5.74, 6) is 0. The summed E-state index contributed by atoms with van der Waals surface area (Å²) < 4.78 is 0. The maximum Gasteiger partial charge on any atom is 0.115 e. The van der Waals surface area contributed by atoms with Gasteiger partial charge in [-0.2, -0.15) is 0 Å². The fourth-order valence-electron chi connectivity index (χ4n) is 0.894. The highest BCUT2D eigenvalue weighted by molar-refractivity contribution is 7.98. The van der Waals surface area contributed by atoms with Crippen molar-refractivity contribution in [2.24, 2.45) is 0 Å². The van der Waals surface area contributed by atoms with E-state index in [4.69, 9.17) is 0 Å². The fourth-order valence-corrected chi connectivity index (χ4v) is 1.36. The molecular weight excluding hydrogens is 156 g/mol. The van der Waals surface area contributed by atoms with E-state index in [0.29, 0.717) is 0 Å². The molecular formula is C9H11OS. The zero-order chi connectivity index (χ0) is 8.27. The Hall–Kier alpha value is -0.470. The summed E-state index contributed by atoms with van der Waals surface area (Å²) in [6.45, 7) is 1.67. The van der Waals surface area contributed by atoms with Crippen molar-refractivity contribution in [2.45, 2.75) is 17.9 Å². The SMILES string of the molecule is CSc1cccc(C(C)[O])c1. The monoisotopic (exact) mass is 167 g/mol. The third-order valence-electron chi connectivity index (χ3n) is 1.56. The predicted octanol–water partition coefficient (Wildman–Crippen LogP) is 2.90. The largest absolute Gasteiger partial charge is 0.228 e. The van der Waals surface area contributed by atoms with Gasteiger partial charge in [0.15, 0.2) is 0 Å². The highest BCUT2D eigenvalue weighted by atomic mass is 32.2. The van der Waals surface area contributed by atoms with Crippen molar-refractivity contribution in [3.8, 4) is 0 Å². The van der Waals surface area contributed by atoms with Crippen LogP contribution in [0.2, 0.25) is 0 Å². The lowest BCUT2D eigenvalue weighted by atomic mass is 10.1. The van der Waals surface area contributed by atoms with E-state index in [1.54, 1.807) is 18.7 Å². The first kappa shape index (κ1) is 8.62. The molecule has 0 N–H and O–H groups in total. The molecule has 0 aliphatic carbocycles. The molecule has 1 nitrogen and oxygen atoms in total. The molecule has 0 spiro atoms. The van der Waals surface area contributed by atoms with E-state index in [1.807, 2.05) is 30.5 Å². The molecule has 1 aromatic carbocycles. The molecule has 1 unspecified atom stereocenters. The number of rotatable bonds is 2. The Balaban J connectivity index is 2.91. The van der Waals surface area contributed by atoms with Crippen LogP contribution < -0.4 is 0 Å². The van der Waals surface area contributed by atoms with Gasteiger partial charge in [-0.3, -0.25) is 0 Å². The second kappa shape index (κ2) is 3.79. The average Bonchev–Trinajstić information content (AvgIpc) is 2.05. The van der Waals surface area contributed by atoms with Crippen LogP contribution >= 0.6 is 11.8 Å². The van der Waals surface area contributed by atoms with Gasteiger partial charge in [-0.15, -0.1) is 11.8 Å². The summed E-state index contributed by atoms with van der Waals surface area (Å²) in [6.07, 6.45) is 1.40. The minimum Gasteiger partial charge on any atom is -0.228 e. The first-order valence-corrected chi connectivity index (χ1v) is 4.76. The number of benzene rings is 1. The van der Waals surface area contributed by atoms with Gasteiger partial charge in [0.05, 0.1) is 0 Å². The molecule has 1 atom stereocenters. The van der Waals surface area contributed by atoms with E-state index < -0.39 is 6.10 Å². The van der Waals surface area contributed by atoms with E-state index in [-0.39, 0.29) is 0 Å². The van der Waals surface area contributed by atoms with Gasteiger partial charge < -0.3 is 0 Å². The third-order valence-corrected chi connectivity index (χ3v) is 2.29. The van der Waals surface area contributed by atoms with Crippen LogP contribution in [0, 0.1) is 0 Å². The van der Waals surface area contributed by atoms with Crippen molar-refractivity contribution < 1.29 is 5.11 Å². The van der Waals surface area contributed by atoms with Gasteiger partial charge in [-0.25, -0.2) is 5.11 Å². The topological polar surface area (TPSA) is 19.9 Å². The minimum atomic E-state index is -0.609. The van der Waals surface area contributed by atoms with Crippen LogP contribution in [0.5, 0.6) is 0 Å². The molecule has 1 rings (SSSR count). The standard InChI is InChI=1S/C9H11OS/c1-7(10)8-4-3-5-9(6-8)11-2/h3-7H,1-2H3. The van der Waals surface area contributed by atoms with E-state index in [2.05, 4.69) is 0 Å². The average molecular weight is 167 g/mol. The molecule has 1 radical (unpaired) electrons. The first-order valence-electron chi connectivity index (χ1n) is 3.54. The lowest BCUT2D eigenvalue weighted by Gasteiger charge is -2.02. The van der Waals surface area contributed by atoms with E-state index >= 15 is 0 Å². The van der Waals surface area contributed by atoms with Gasteiger partial charge in [0.25, 0.3) is 0 Å². The Morgan fingerprint density at radius 2 is 2.18 bits per heavy atom. The van der Waals surface area contributed by atoms with Gasteiger partial charge in [0.1, 0.15) is 6.10 Å². The van der Waals surface area contributed by atoms with E-state index in [9.17, 15) is 5.11 Å². The third kappa shape index (κ3) is 2.24. The smallest absolute Gasteiger partial charge is 0.115 e. The summed E-state index contributed by atoms with van der Waals surface area (Å²) >= 11 is 1.66. The molecule has 0 fully saturated rings. The quantitative estimate of drug-likeness (QED) is 0.620. The summed E-state index contributed by atoms with van der Waals surface area (Å²) in [5, 5.41) is 11.0. The Labute approximate surface area is 71.4 Å². The summed E-state index contributed by atoms with van der Waals surface area (Å²) in [6, 6.07) is 7.76. The maximum absolute atomic E-state index is 11.0. The normalized spacial score (nSPS) is 13.0. The van der Waals surface area contributed by atoms with Gasteiger partial charge in [-0.1, -0.05) is 12.1 Å². The molecule has 0 saturated carbocycles. The zero-order valence-electron chi connectivity index (χ0n) is 6.70. The van der Waals surface area contributed by atoms with Crippen molar-refractivity contribution in [1.29, 1.82) is 0 Å². The summed E-state index contributed by atoms with van der Waals surface area (Å²) in [4.78, 5) is 1.16. The molecule has 0 aromatic heterocycles. The Kier molecular flexibility index (Phi) is 2.97. The van der Waals surface area contributed by atoms with Crippen molar-refractivity contribution in [3.05, 3.63) is 29.8 Å². The van der Waals surface area contributed by atoms with Crippen LogP contribution in [0.4, 0.5) is 0 Å². The Bertz CT molecular complexity index is 233. The highest BCUT2D eigenvalue weighted by Gasteiger charge is 2.01. The zero-order valence-corrected chi connectivity index (χ0v) is 7.52. The molecule has 0 saturated heterocycles. The van der Waals surface area contributed by atoms with Gasteiger partial charge in [0.2, 0.25) is 0 Å². The van der Waals surface area contributed by atoms with Crippen molar-refractivity contribution >= 4 is 11.8 Å². The van der Waals surface area contributed by atoms with Crippen molar-refractivity contribution in [2.75, 3.05) is 6.26 Å². The van der Waals surface area contributed by atoms with Gasteiger partial charge in [-0.05, 0) is 30.9 Å². The number of hydrogen-bond acceptors (Lipinski definition) is 1. The highest BCUT2D eigenvalue weighted by Crippen LogP contribution is 2.19. The lowest BCUT2D eigenvalue weighted by molar-refractivity contribution is 0.106. The second-order valence-electron chi connectivity index (χ2n) is 2.42. The number of thioether (sulfide) groups is 1. The Morgan fingerprint density at radius 1 is 1.45 bits per heavy atom. The molecule has 0 amide bonds. The molecule has 2 heteroatoms. The van der Waals surface area contributed by atoms with Crippen LogP contribution in [-0.2, 0) is 5.11 Å². The fraction of sp³-hybridized carbons (Fsp3) is 0.333. The minimum absolute atomic E-state index is 0.609. The molecule has 0 heterocycles. The predicted molar refractivity (Wildman–Crippen MR) is 47.3 cm³/mol. The summed E-state index contributed by atoms with van der Waals surface area (Å²) in [5.41, 5.74) is 0.872. The molecule has 11 heavy (non-hydrogen) atoms. The lowest BCUT2D eigenvalue weighted by Crippen LogP contribution is -1.87. The first-order chi connectivity index (χ1) is 5.24. The van der Waals surface area contributed by atoms with Gasteiger partial charge in [0, 0.05) is 4.90 Å². The van der Waals surface area contributed by atoms with Crippen molar-refractivity contribution in [3.63, 3.8) is 0 Å². The number of hydrogen-bond donors (Lipinski definition) is 0. The summed E-state index contributed by atoms with van der Waals surface area (Å²) in [7, 11) is 0. The van der Waals surface area contributed by atoms with Crippen LogP contribution in [0.1, 0.15) is 18.6 Å². The Morgan fingerprint density at radius 3 is 2.73 bits per heavy atom. The van der Waals surface area contributed by atoms with E-state index in [0.717, 1.165) is 10.5 Å². The molecule has 0 bridgehead atoms. The van der Waals surface area contributed by atoms with Crippen LogP contribution in [-0.4, -0.2) is 6.26 Å². The molecule has 0 aliphatic heterocycles. The van der Waals surface area contributed by atoms with Gasteiger partial charge >= 0.3 is 0 Å². The van der Waals surface area contributed by atoms with Crippen molar-refractivity contribution in [1.82, 2.24) is 0 Å². The molecule has 1 aromatic rings.